The number of pyridine rings is 2. The maximum Gasteiger partial charge on any atom is 0.146 e. The second-order valence-corrected chi connectivity index (χ2v) is 13.4. The monoisotopic (exact) mass is 652 g/mol. The number of hydrogen-bond acceptors (Lipinski definition) is 11. The highest BCUT2D eigenvalue weighted by atomic mass is 32.2. The zero-order chi connectivity index (χ0) is 31.1. The molecule has 4 aromatic rings. The lowest BCUT2D eigenvalue weighted by atomic mass is 10.1. The van der Waals surface area contributed by atoms with Crippen molar-refractivity contribution in [2.75, 3.05) is 88.8 Å². The fourth-order valence-corrected chi connectivity index (χ4v) is 7.43. The molecular formula is C34H44N4O5S2. The Morgan fingerprint density at radius 2 is 1.22 bits per heavy atom. The van der Waals surface area contributed by atoms with Crippen LogP contribution in [-0.2, 0) is 27.3 Å². The molecule has 0 atom stereocenters. The Morgan fingerprint density at radius 3 is 1.91 bits per heavy atom. The summed E-state index contributed by atoms with van der Waals surface area (Å²) in [7, 11) is 0. The van der Waals surface area contributed by atoms with Crippen molar-refractivity contribution in [2.45, 2.75) is 13.1 Å². The SMILES string of the molecule is Oc1cc(CN2CCOCCOCCOCCN(Cc3ccc4cccnc4c3O)CCSCCSCC2)cc2cccnc12. The van der Waals surface area contributed by atoms with Gasteiger partial charge in [-0.15, -0.1) is 0 Å². The Kier molecular flexibility index (Phi) is 13.9. The van der Waals surface area contributed by atoms with Crippen molar-refractivity contribution in [1.29, 1.82) is 0 Å². The summed E-state index contributed by atoms with van der Waals surface area (Å²) in [6.07, 6.45) is 3.42. The molecule has 1 aliphatic rings. The Bertz CT molecular complexity index is 1480. The Hall–Kier alpha value is -2.64. The third-order valence-electron chi connectivity index (χ3n) is 7.70. The summed E-state index contributed by atoms with van der Waals surface area (Å²) in [5.74, 6) is 4.71. The molecule has 2 aromatic heterocycles. The molecule has 11 heteroatoms. The average molecular weight is 653 g/mol. The highest BCUT2D eigenvalue weighted by Crippen LogP contribution is 2.28. The highest BCUT2D eigenvalue weighted by Gasteiger charge is 2.13. The van der Waals surface area contributed by atoms with Crippen LogP contribution in [0.4, 0.5) is 0 Å². The summed E-state index contributed by atoms with van der Waals surface area (Å²) < 4.78 is 17.5. The molecule has 0 aliphatic carbocycles. The highest BCUT2D eigenvalue weighted by molar-refractivity contribution is 8.02. The largest absolute Gasteiger partial charge is 0.506 e. The number of nitrogens with zero attached hydrogens (tertiary/aromatic N) is 4. The summed E-state index contributed by atoms with van der Waals surface area (Å²) in [5.41, 5.74) is 3.24. The van der Waals surface area contributed by atoms with Gasteiger partial charge in [0.2, 0.25) is 0 Å². The van der Waals surface area contributed by atoms with Crippen molar-refractivity contribution in [2.24, 2.45) is 0 Å². The first kappa shape index (κ1) is 33.7. The van der Waals surface area contributed by atoms with E-state index in [9.17, 15) is 10.2 Å². The smallest absolute Gasteiger partial charge is 0.146 e. The van der Waals surface area contributed by atoms with Crippen molar-refractivity contribution >= 4 is 45.3 Å². The van der Waals surface area contributed by atoms with Crippen molar-refractivity contribution in [3.63, 3.8) is 0 Å². The lowest BCUT2D eigenvalue weighted by Crippen LogP contribution is -2.30. The van der Waals surface area contributed by atoms with E-state index in [1.54, 1.807) is 12.4 Å². The standard InChI is InChI=1S/C34H44N4O5S2/c39-31-24-27(23-29-4-2-7-35-32(29)31)25-37-9-13-41-15-17-43-18-16-42-14-10-38(12-20-45-22-21-44-19-11-37)26-30-6-5-28-3-1-8-36-33(28)34(30)40/h1-8,23-24,39-40H,9-22,25-26H2. The fourth-order valence-electron chi connectivity index (χ4n) is 5.30. The van der Waals surface area contributed by atoms with Gasteiger partial charge in [0.1, 0.15) is 22.5 Å². The van der Waals surface area contributed by atoms with Gasteiger partial charge in [0.15, 0.2) is 0 Å². The summed E-state index contributed by atoms with van der Waals surface area (Å²) in [6.45, 7) is 8.19. The first-order chi connectivity index (χ1) is 22.2. The normalized spacial score (nSPS) is 18.5. The van der Waals surface area contributed by atoms with Crippen molar-refractivity contribution in [3.8, 4) is 11.5 Å². The zero-order valence-corrected chi connectivity index (χ0v) is 27.4. The second kappa shape index (κ2) is 18.5. The quantitative estimate of drug-likeness (QED) is 0.311. The molecule has 1 aliphatic heterocycles. The van der Waals surface area contributed by atoms with E-state index in [4.69, 9.17) is 14.2 Å². The van der Waals surface area contributed by atoms with Crippen LogP contribution in [0.1, 0.15) is 11.1 Å². The average Bonchev–Trinajstić information content (AvgIpc) is 3.05. The van der Waals surface area contributed by atoms with Crippen LogP contribution in [0.25, 0.3) is 21.8 Å². The third kappa shape index (κ3) is 10.7. The van der Waals surface area contributed by atoms with Gasteiger partial charge in [-0.25, -0.2) is 0 Å². The van der Waals surface area contributed by atoms with E-state index in [1.807, 2.05) is 66.0 Å². The minimum absolute atomic E-state index is 0.223. The molecular weight excluding hydrogens is 609 g/mol. The molecule has 2 aromatic carbocycles. The van der Waals surface area contributed by atoms with E-state index < -0.39 is 0 Å². The van der Waals surface area contributed by atoms with E-state index >= 15 is 0 Å². The zero-order valence-electron chi connectivity index (χ0n) is 25.8. The first-order valence-electron chi connectivity index (χ1n) is 15.6. The topological polar surface area (TPSA) is 100 Å². The molecule has 0 amide bonds. The van der Waals surface area contributed by atoms with Gasteiger partial charge in [-0.3, -0.25) is 19.8 Å². The third-order valence-corrected chi connectivity index (χ3v) is 9.89. The Labute approximate surface area is 274 Å². The van der Waals surface area contributed by atoms with Gasteiger partial charge in [0.05, 0.1) is 39.6 Å². The maximum atomic E-state index is 10.9. The number of benzene rings is 2. The predicted molar refractivity (Wildman–Crippen MR) is 184 cm³/mol. The molecule has 2 N–H and O–H groups in total. The Balaban J connectivity index is 1.13. The number of aromatic nitrogens is 2. The van der Waals surface area contributed by atoms with Crippen LogP contribution in [-0.4, -0.2) is 119 Å². The van der Waals surface area contributed by atoms with Crippen LogP contribution >= 0.6 is 23.5 Å². The molecule has 1 fully saturated rings. The summed E-state index contributed by atoms with van der Waals surface area (Å²) >= 11 is 3.94. The van der Waals surface area contributed by atoms with Gasteiger partial charge in [-0.2, -0.15) is 23.5 Å². The van der Waals surface area contributed by atoms with Crippen LogP contribution in [0.15, 0.2) is 60.9 Å². The summed E-state index contributed by atoms with van der Waals surface area (Å²) in [6, 6.07) is 15.7. The van der Waals surface area contributed by atoms with E-state index in [0.29, 0.717) is 57.2 Å². The molecule has 0 saturated carbocycles. The van der Waals surface area contributed by atoms with Crippen molar-refractivity contribution in [3.05, 3.63) is 72.1 Å². The van der Waals surface area contributed by atoms with Crippen LogP contribution < -0.4 is 0 Å². The number of rotatable bonds is 4. The first-order valence-corrected chi connectivity index (χ1v) is 17.9. The number of fused-ring (bicyclic) bond motifs is 2. The molecule has 0 unspecified atom stereocenters. The number of phenolic OH excluding ortho intramolecular Hbond substituents is 2. The van der Waals surface area contributed by atoms with Crippen molar-refractivity contribution < 1.29 is 24.4 Å². The lowest BCUT2D eigenvalue weighted by molar-refractivity contribution is 0.00696. The molecule has 1 saturated heterocycles. The number of thioether (sulfide) groups is 2. The molecule has 242 valence electrons. The van der Waals surface area contributed by atoms with Crippen LogP contribution in [0.5, 0.6) is 11.5 Å². The summed E-state index contributed by atoms with van der Waals surface area (Å²) in [5, 5.41) is 23.3. The number of aromatic hydroxyl groups is 2. The minimum Gasteiger partial charge on any atom is -0.506 e. The molecule has 0 spiro atoms. The van der Waals surface area contributed by atoms with Gasteiger partial charge < -0.3 is 24.4 Å². The fraction of sp³-hybridized carbons (Fsp3) is 0.471. The molecule has 0 radical (unpaired) electrons. The van der Waals surface area contributed by atoms with Gasteiger partial charge in [0, 0.05) is 91.0 Å². The van der Waals surface area contributed by atoms with Gasteiger partial charge >= 0.3 is 0 Å². The van der Waals surface area contributed by atoms with Crippen LogP contribution in [0.2, 0.25) is 0 Å². The van der Waals surface area contributed by atoms with E-state index in [2.05, 4.69) is 25.8 Å². The molecule has 9 nitrogen and oxygen atoms in total. The van der Waals surface area contributed by atoms with E-state index in [1.165, 1.54) is 0 Å². The molecule has 3 heterocycles. The van der Waals surface area contributed by atoms with Gasteiger partial charge in [-0.1, -0.05) is 24.3 Å². The minimum atomic E-state index is 0.223. The molecule has 5 rings (SSSR count). The molecule has 0 bridgehead atoms. The van der Waals surface area contributed by atoms with Gasteiger partial charge in [0.25, 0.3) is 0 Å². The number of hydrogen-bond donors (Lipinski definition) is 2. The van der Waals surface area contributed by atoms with Crippen molar-refractivity contribution in [1.82, 2.24) is 19.8 Å². The number of ether oxygens (including phenoxy) is 3. The van der Waals surface area contributed by atoms with Gasteiger partial charge in [-0.05, 0) is 29.8 Å². The lowest BCUT2D eigenvalue weighted by Gasteiger charge is -2.23. The predicted octanol–water partition coefficient (Wildman–Crippen LogP) is 5.03. The maximum absolute atomic E-state index is 10.9. The van der Waals surface area contributed by atoms with E-state index in [-0.39, 0.29) is 11.5 Å². The number of phenols is 2. The second-order valence-electron chi connectivity index (χ2n) is 11.0. The Morgan fingerprint density at radius 1 is 0.622 bits per heavy atom. The summed E-state index contributed by atoms with van der Waals surface area (Å²) in [4.78, 5) is 13.4. The van der Waals surface area contributed by atoms with Crippen LogP contribution in [0, 0.1) is 0 Å². The molecule has 45 heavy (non-hydrogen) atoms. The van der Waals surface area contributed by atoms with E-state index in [0.717, 1.165) is 77.6 Å². The van der Waals surface area contributed by atoms with Crippen LogP contribution in [0.3, 0.4) is 0 Å².